The molecule has 3 aliphatic rings. The summed E-state index contributed by atoms with van der Waals surface area (Å²) in [6.07, 6.45) is 5.31. The number of fused-ring (bicyclic) bond motifs is 1. The number of hydrogen-bond acceptors (Lipinski definition) is 0. The Morgan fingerprint density at radius 3 is 2.50 bits per heavy atom. The van der Waals surface area contributed by atoms with E-state index in [9.17, 15) is 0 Å². The molecule has 0 saturated heterocycles. The van der Waals surface area contributed by atoms with E-state index >= 15 is 0 Å². The third-order valence-electron chi connectivity index (χ3n) is 3.60. The molecule has 56 valence electrons. The van der Waals surface area contributed by atoms with Crippen molar-refractivity contribution < 1.29 is 0 Å². The van der Waals surface area contributed by atoms with Gasteiger partial charge in [0.1, 0.15) is 0 Å². The molecule has 0 aromatic heterocycles. The first-order valence-corrected chi connectivity index (χ1v) is 4.28. The van der Waals surface area contributed by atoms with E-state index in [2.05, 4.69) is 26.8 Å². The van der Waals surface area contributed by atoms with Crippen molar-refractivity contribution >= 4 is 0 Å². The van der Waals surface area contributed by atoms with Crippen LogP contribution >= 0.6 is 0 Å². The highest BCUT2D eigenvalue weighted by atomic mass is 14.5. The predicted octanol–water partition coefficient (Wildman–Crippen LogP) is 3.00. The number of rotatable bonds is 0. The second-order valence-electron chi connectivity index (χ2n) is 4.58. The molecule has 0 aliphatic heterocycles. The molecule has 0 aromatic rings. The summed E-state index contributed by atoms with van der Waals surface area (Å²) >= 11 is 0. The molecule has 2 bridgehead atoms. The van der Waals surface area contributed by atoms with Crippen molar-refractivity contribution in [1.29, 1.82) is 0 Å². The van der Waals surface area contributed by atoms with Crippen molar-refractivity contribution in [2.45, 2.75) is 33.6 Å². The molecule has 10 heavy (non-hydrogen) atoms. The molecule has 0 heteroatoms. The van der Waals surface area contributed by atoms with Crippen molar-refractivity contribution in [3.05, 3.63) is 11.6 Å². The average molecular weight is 136 g/mol. The fourth-order valence-electron chi connectivity index (χ4n) is 2.49. The predicted molar refractivity (Wildman–Crippen MR) is 43.8 cm³/mol. The van der Waals surface area contributed by atoms with E-state index in [1.807, 2.05) is 0 Å². The molecular weight excluding hydrogens is 120 g/mol. The maximum absolute atomic E-state index is 2.49. The van der Waals surface area contributed by atoms with Gasteiger partial charge in [-0.1, -0.05) is 25.5 Å². The molecule has 0 spiro atoms. The van der Waals surface area contributed by atoms with Crippen LogP contribution in [0.3, 0.4) is 0 Å². The van der Waals surface area contributed by atoms with Crippen molar-refractivity contribution in [3.63, 3.8) is 0 Å². The molecule has 0 N–H and O–H groups in total. The Morgan fingerprint density at radius 2 is 2.20 bits per heavy atom. The normalized spacial score (nSPS) is 42.1. The summed E-state index contributed by atoms with van der Waals surface area (Å²) in [4.78, 5) is 0. The molecule has 2 atom stereocenters. The Balaban J connectivity index is 2.26. The highest BCUT2D eigenvalue weighted by molar-refractivity contribution is 5.19. The molecule has 0 radical (unpaired) electrons. The van der Waals surface area contributed by atoms with Crippen LogP contribution in [0.25, 0.3) is 0 Å². The van der Waals surface area contributed by atoms with Gasteiger partial charge in [0.25, 0.3) is 0 Å². The summed E-state index contributed by atoms with van der Waals surface area (Å²) in [5.41, 5.74) is 2.26. The van der Waals surface area contributed by atoms with Gasteiger partial charge in [0.2, 0.25) is 0 Å². The highest BCUT2D eigenvalue weighted by Gasteiger charge is 2.48. The molecule has 0 nitrogen and oxygen atoms in total. The van der Waals surface area contributed by atoms with E-state index in [0.717, 1.165) is 11.8 Å². The molecular formula is C10H16. The van der Waals surface area contributed by atoms with Crippen LogP contribution < -0.4 is 0 Å². The van der Waals surface area contributed by atoms with E-state index in [0.29, 0.717) is 5.41 Å². The van der Waals surface area contributed by atoms with Crippen molar-refractivity contribution in [2.75, 3.05) is 0 Å². The fourth-order valence-corrected chi connectivity index (χ4v) is 2.49. The van der Waals surface area contributed by atoms with Crippen molar-refractivity contribution in [3.8, 4) is 0 Å². The first-order valence-electron chi connectivity index (χ1n) is 4.28. The minimum absolute atomic E-state index is 0.638. The zero-order chi connectivity index (χ0) is 7.35. The lowest BCUT2D eigenvalue weighted by atomic mass is 9.50. The molecule has 0 heterocycles. The first-order chi connectivity index (χ1) is 4.60. The van der Waals surface area contributed by atoms with Gasteiger partial charge in [-0.05, 0) is 37.0 Å². The third-order valence-corrected chi connectivity index (χ3v) is 3.60. The monoisotopic (exact) mass is 136 g/mol. The summed E-state index contributed by atoms with van der Waals surface area (Å²) in [5, 5.41) is 0. The van der Waals surface area contributed by atoms with E-state index in [1.165, 1.54) is 12.8 Å². The highest BCUT2D eigenvalue weighted by Crippen LogP contribution is 2.57. The van der Waals surface area contributed by atoms with Gasteiger partial charge in [0, 0.05) is 0 Å². The lowest BCUT2D eigenvalue weighted by Gasteiger charge is -2.55. The Labute approximate surface area is 63.3 Å². The van der Waals surface area contributed by atoms with E-state index < -0.39 is 0 Å². The van der Waals surface area contributed by atoms with Gasteiger partial charge in [0.05, 0.1) is 0 Å². The van der Waals surface area contributed by atoms with Crippen LogP contribution in [-0.4, -0.2) is 0 Å². The van der Waals surface area contributed by atoms with Crippen molar-refractivity contribution in [1.82, 2.24) is 0 Å². The standard InChI is InChI=1S/C10H16/c1-7-4-8-6-9(5-7)10(8,2)3/h4,8-9H,5-6H2,1-3H3/t8-,9-/m1/s1. The van der Waals surface area contributed by atoms with Crippen LogP contribution in [0.5, 0.6) is 0 Å². The lowest BCUT2D eigenvalue weighted by molar-refractivity contribution is -0.000651. The quantitative estimate of drug-likeness (QED) is 0.449. The Hall–Kier alpha value is -0.260. The van der Waals surface area contributed by atoms with Gasteiger partial charge < -0.3 is 0 Å². The summed E-state index contributed by atoms with van der Waals surface area (Å²) in [6.45, 7) is 7.10. The average Bonchev–Trinajstić information content (AvgIpc) is 1.87. The van der Waals surface area contributed by atoms with Crippen LogP contribution in [0.1, 0.15) is 33.6 Å². The third kappa shape index (κ3) is 0.624. The van der Waals surface area contributed by atoms with Crippen LogP contribution in [0, 0.1) is 17.3 Å². The minimum Gasteiger partial charge on any atom is -0.0819 e. The molecule has 3 aliphatic carbocycles. The maximum Gasteiger partial charge on any atom is -0.0174 e. The van der Waals surface area contributed by atoms with Gasteiger partial charge in [0.15, 0.2) is 0 Å². The van der Waals surface area contributed by atoms with Gasteiger partial charge in [-0.15, -0.1) is 0 Å². The fraction of sp³-hybridized carbons (Fsp3) is 0.800. The Kier molecular flexibility index (Phi) is 1.07. The molecule has 3 rings (SSSR count). The van der Waals surface area contributed by atoms with E-state index in [-0.39, 0.29) is 0 Å². The van der Waals surface area contributed by atoms with Gasteiger partial charge >= 0.3 is 0 Å². The summed E-state index contributed by atoms with van der Waals surface area (Å²) < 4.78 is 0. The largest absolute Gasteiger partial charge is 0.0819 e. The van der Waals surface area contributed by atoms with Gasteiger partial charge in [-0.3, -0.25) is 0 Å². The van der Waals surface area contributed by atoms with E-state index in [4.69, 9.17) is 0 Å². The molecule has 0 amide bonds. The first kappa shape index (κ1) is 6.45. The summed E-state index contributed by atoms with van der Waals surface area (Å²) in [6, 6.07) is 0. The van der Waals surface area contributed by atoms with Crippen LogP contribution in [-0.2, 0) is 0 Å². The van der Waals surface area contributed by atoms with E-state index in [1.54, 1.807) is 5.57 Å². The molecule has 0 aromatic carbocycles. The smallest absolute Gasteiger partial charge is 0.0174 e. The molecule has 1 saturated carbocycles. The molecule has 1 fully saturated rings. The second kappa shape index (κ2) is 1.66. The Bertz CT molecular complexity index is 186. The number of hydrogen-bond donors (Lipinski definition) is 0. The van der Waals surface area contributed by atoms with Crippen LogP contribution in [0.15, 0.2) is 11.6 Å². The summed E-state index contributed by atoms with van der Waals surface area (Å²) in [7, 11) is 0. The van der Waals surface area contributed by atoms with Gasteiger partial charge in [-0.25, -0.2) is 0 Å². The van der Waals surface area contributed by atoms with Crippen LogP contribution in [0.4, 0.5) is 0 Å². The second-order valence-corrected chi connectivity index (χ2v) is 4.58. The van der Waals surface area contributed by atoms with Crippen molar-refractivity contribution in [2.24, 2.45) is 17.3 Å². The maximum atomic E-state index is 2.49. The van der Waals surface area contributed by atoms with Crippen LogP contribution in [0.2, 0.25) is 0 Å². The SMILES string of the molecule is CC1=C[C@@H]2C[C@@H](C1)C2(C)C. The van der Waals surface area contributed by atoms with Gasteiger partial charge in [-0.2, -0.15) is 0 Å². The molecule has 0 unspecified atom stereocenters. The lowest BCUT2D eigenvalue weighted by Crippen LogP contribution is -2.46. The zero-order valence-corrected chi connectivity index (χ0v) is 7.15. The Morgan fingerprint density at radius 1 is 1.50 bits per heavy atom. The topological polar surface area (TPSA) is 0 Å². The minimum atomic E-state index is 0.638. The zero-order valence-electron chi connectivity index (χ0n) is 7.15. The number of allylic oxidation sites excluding steroid dienone is 2. The summed E-state index contributed by atoms with van der Waals surface area (Å²) in [5.74, 6) is 1.91.